The van der Waals surface area contributed by atoms with E-state index < -0.39 is 0 Å². The highest BCUT2D eigenvalue weighted by atomic mass is 35.5. The zero-order valence-electron chi connectivity index (χ0n) is 6.66. The molecule has 0 aliphatic carbocycles. The molecule has 0 unspecified atom stereocenters. The maximum Gasteiger partial charge on any atom is 0.155 e. The molecule has 0 aliphatic rings. The summed E-state index contributed by atoms with van der Waals surface area (Å²) < 4.78 is 1.74. The van der Waals surface area contributed by atoms with Gasteiger partial charge in [-0.3, -0.25) is 5.41 Å². The average Bonchev–Trinajstić information content (AvgIpc) is 2.48. The molecule has 2 aromatic rings. The molecule has 2 rings (SSSR count). The molecule has 0 aromatic carbocycles. The molecule has 0 fully saturated rings. The molecule has 0 saturated heterocycles. The van der Waals surface area contributed by atoms with Crippen molar-refractivity contribution in [3.63, 3.8) is 0 Å². The SMILES string of the molecule is N=C(N)c1cccn2cnc(Cl)c12. The van der Waals surface area contributed by atoms with Crippen LogP contribution in [0.5, 0.6) is 0 Å². The van der Waals surface area contributed by atoms with Crippen LogP contribution in [0.1, 0.15) is 5.56 Å². The van der Waals surface area contributed by atoms with Crippen LogP contribution in [0, 0.1) is 5.41 Å². The van der Waals surface area contributed by atoms with Crippen LogP contribution in [0.4, 0.5) is 0 Å². The van der Waals surface area contributed by atoms with Gasteiger partial charge < -0.3 is 10.1 Å². The maximum absolute atomic E-state index is 7.33. The van der Waals surface area contributed by atoms with Crippen LogP contribution in [0.3, 0.4) is 0 Å². The van der Waals surface area contributed by atoms with Gasteiger partial charge in [0.25, 0.3) is 0 Å². The van der Waals surface area contributed by atoms with Crippen molar-refractivity contribution in [2.45, 2.75) is 0 Å². The summed E-state index contributed by atoms with van der Waals surface area (Å²) in [5.74, 6) is -0.00648. The van der Waals surface area contributed by atoms with E-state index in [-0.39, 0.29) is 5.84 Å². The van der Waals surface area contributed by atoms with Gasteiger partial charge in [-0.05, 0) is 12.1 Å². The van der Waals surface area contributed by atoms with Gasteiger partial charge in [-0.1, -0.05) is 11.6 Å². The molecule has 3 N–H and O–H groups in total. The van der Waals surface area contributed by atoms with Crippen molar-refractivity contribution in [1.29, 1.82) is 5.41 Å². The molecule has 2 aromatic heterocycles. The number of nitrogens with zero attached hydrogens (tertiary/aromatic N) is 2. The summed E-state index contributed by atoms with van der Waals surface area (Å²) in [6.45, 7) is 0. The van der Waals surface area contributed by atoms with E-state index in [4.69, 9.17) is 22.7 Å². The summed E-state index contributed by atoms with van der Waals surface area (Å²) in [7, 11) is 0. The van der Waals surface area contributed by atoms with E-state index in [1.165, 1.54) is 0 Å². The highest BCUT2D eigenvalue weighted by Crippen LogP contribution is 2.18. The van der Waals surface area contributed by atoms with E-state index in [9.17, 15) is 0 Å². The van der Waals surface area contributed by atoms with E-state index in [0.29, 0.717) is 16.2 Å². The van der Waals surface area contributed by atoms with Crippen molar-refractivity contribution in [2.24, 2.45) is 5.73 Å². The van der Waals surface area contributed by atoms with Crippen LogP contribution in [0.2, 0.25) is 5.15 Å². The number of amidine groups is 1. The molecule has 0 atom stereocenters. The number of nitrogens with one attached hydrogen (secondary N) is 1. The first-order valence-corrected chi connectivity index (χ1v) is 4.03. The second-order valence-electron chi connectivity index (χ2n) is 2.63. The first-order valence-electron chi connectivity index (χ1n) is 3.65. The first kappa shape index (κ1) is 8.07. The smallest absolute Gasteiger partial charge is 0.155 e. The van der Waals surface area contributed by atoms with Crippen LogP contribution in [-0.4, -0.2) is 15.2 Å². The lowest BCUT2D eigenvalue weighted by atomic mass is 10.2. The summed E-state index contributed by atoms with van der Waals surface area (Å²) in [5.41, 5.74) is 6.67. The third-order valence-corrected chi connectivity index (χ3v) is 2.08. The fraction of sp³-hybridized carbons (Fsp3) is 0. The van der Waals surface area contributed by atoms with Crippen molar-refractivity contribution in [2.75, 3.05) is 0 Å². The van der Waals surface area contributed by atoms with Crippen LogP contribution in [-0.2, 0) is 0 Å². The number of nitrogens with two attached hydrogens (primary N) is 1. The number of nitrogen functional groups attached to an aromatic ring is 1. The zero-order valence-corrected chi connectivity index (χ0v) is 7.42. The molecule has 66 valence electrons. The van der Waals surface area contributed by atoms with Crippen LogP contribution >= 0.6 is 11.6 Å². The predicted molar refractivity (Wildman–Crippen MR) is 51.2 cm³/mol. The van der Waals surface area contributed by atoms with E-state index in [2.05, 4.69) is 4.98 Å². The molecule has 4 nitrogen and oxygen atoms in total. The number of aromatic nitrogens is 2. The minimum atomic E-state index is -0.00648. The Balaban J connectivity index is 2.88. The lowest BCUT2D eigenvalue weighted by Gasteiger charge is -2.00. The van der Waals surface area contributed by atoms with Crippen molar-refractivity contribution < 1.29 is 0 Å². The minimum absolute atomic E-state index is 0.00648. The number of imidazole rings is 1. The number of pyridine rings is 1. The zero-order chi connectivity index (χ0) is 9.42. The summed E-state index contributed by atoms with van der Waals surface area (Å²) in [5, 5.41) is 7.70. The molecule has 5 heteroatoms. The molecule has 13 heavy (non-hydrogen) atoms. The Bertz CT molecular complexity index is 474. The quantitative estimate of drug-likeness (QED) is 0.530. The van der Waals surface area contributed by atoms with E-state index in [1.54, 1.807) is 29.1 Å². The van der Waals surface area contributed by atoms with Gasteiger partial charge in [0.15, 0.2) is 5.15 Å². The summed E-state index contributed by atoms with van der Waals surface area (Å²) >= 11 is 5.84. The van der Waals surface area contributed by atoms with E-state index >= 15 is 0 Å². The monoisotopic (exact) mass is 194 g/mol. The van der Waals surface area contributed by atoms with Crippen LogP contribution < -0.4 is 5.73 Å². The molecule has 0 radical (unpaired) electrons. The highest BCUT2D eigenvalue weighted by molar-refractivity contribution is 6.33. The fourth-order valence-corrected chi connectivity index (χ4v) is 1.47. The van der Waals surface area contributed by atoms with Gasteiger partial charge in [0, 0.05) is 11.8 Å². The fourth-order valence-electron chi connectivity index (χ4n) is 1.23. The highest BCUT2D eigenvalue weighted by Gasteiger charge is 2.08. The third-order valence-electron chi connectivity index (χ3n) is 1.80. The number of hydrogen-bond acceptors (Lipinski definition) is 2. The van der Waals surface area contributed by atoms with Crippen LogP contribution in [0.25, 0.3) is 5.52 Å². The first-order chi connectivity index (χ1) is 6.20. The number of fused-ring (bicyclic) bond motifs is 1. The second kappa shape index (κ2) is 2.74. The number of rotatable bonds is 1. The van der Waals surface area contributed by atoms with Gasteiger partial charge in [-0.25, -0.2) is 4.98 Å². The topological polar surface area (TPSA) is 67.2 Å². The largest absolute Gasteiger partial charge is 0.384 e. The molecule has 0 bridgehead atoms. The van der Waals surface area contributed by atoms with Gasteiger partial charge in [-0.15, -0.1) is 0 Å². The summed E-state index contributed by atoms with van der Waals surface area (Å²) in [6, 6.07) is 3.53. The van der Waals surface area contributed by atoms with Crippen molar-refractivity contribution in [1.82, 2.24) is 9.38 Å². The Morgan fingerprint density at radius 1 is 1.62 bits per heavy atom. The predicted octanol–water partition coefficient (Wildman–Crippen LogP) is 1.27. The Morgan fingerprint density at radius 2 is 2.38 bits per heavy atom. The minimum Gasteiger partial charge on any atom is -0.384 e. The van der Waals surface area contributed by atoms with Crippen molar-refractivity contribution in [3.05, 3.63) is 35.4 Å². The van der Waals surface area contributed by atoms with Crippen molar-refractivity contribution in [3.8, 4) is 0 Å². The van der Waals surface area contributed by atoms with Crippen molar-refractivity contribution >= 4 is 23.0 Å². The Hall–Kier alpha value is -1.55. The van der Waals surface area contributed by atoms with Gasteiger partial charge in [-0.2, -0.15) is 0 Å². The number of halogens is 1. The number of hydrogen-bond donors (Lipinski definition) is 2. The molecular weight excluding hydrogens is 188 g/mol. The van der Waals surface area contributed by atoms with E-state index in [1.807, 2.05) is 0 Å². The third kappa shape index (κ3) is 1.15. The maximum atomic E-state index is 7.33. The van der Waals surface area contributed by atoms with Crippen LogP contribution in [0.15, 0.2) is 24.7 Å². The second-order valence-corrected chi connectivity index (χ2v) is 2.98. The molecule has 2 heterocycles. The Kier molecular flexibility index (Phi) is 1.70. The van der Waals surface area contributed by atoms with Gasteiger partial charge in [0.1, 0.15) is 12.2 Å². The summed E-state index contributed by atoms with van der Waals surface area (Å²) in [4.78, 5) is 3.91. The summed E-state index contributed by atoms with van der Waals surface area (Å²) in [6.07, 6.45) is 3.39. The molecule has 0 spiro atoms. The normalized spacial score (nSPS) is 10.5. The molecule has 0 saturated carbocycles. The average molecular weight is 195 g/mol. The van der Waals surface area contributed by atoms with Gasteiger partial charge >= 0.3 is 0 Å². The molecular formula is C8H7ClN4. The molecule has 0 aliphatic heterocycles. The Labute approximate surface area is 79.5 Å². The Morgan fingerprint density at radius 3 is 3.08 bits per heavy atom. The van der Waals surface area contributed by atoms with E-state index in [0.717, 1.165) is 0 Å². The standard InChI is InChI=1S/C8H7ClN4/c9-7-6-5(8(10)11)2-1-3-13(6)4-12-7/h1-4H,(H3,10,11). The molecule has 0 amide bonds. The lowest BCUT2D eigenvalue weighted by Crippen LogP contribution is -2.12. The lowest BCUT2D eigenvalue weighted by molar-refractivity contribution is 1.15. The van der Waals surface area contributed by atoms with Gasteiger partial charge in [0.2, 0.25) is 0 Å². The van der Waals surface area contributed by atoms with Gasteiger partial charge in [0.05, 0.1) is 5.52 Å².